The average molecular weight is 533 g/mol. The van der Waals surface area contributed by atoms with E-state index in [4.69, 9.17) is 0 Å². The van der Waals surface area contributed by atoms with Crippen LogP contribution in [0.2, 0.25) is 0 Å². The van der Waals surface area contributed by atoms with Crippen molar-refractivity contribution in [3.63, 3.8) is 0 Å². The zero-order chi connectivity index (χ0) is 21.2. The molecule has 1 aromatic carbocycles. The molecule has 0 saturated carbocycles. The Balaban J connectivity index is 0.00000341. The lowest BCUT2D eigenvalue weighted by Crippen LogP contribution is -2.38. The molecule has 0 unspecified atom stereocenters. The summed E-state index contributed by atoms with van der Waals surface area (Å²) in [7, 11) is 1.64. The highest BCUT2D eigenvalue weighted by Gasteiger charge is 2.04. The molecule has 3 aromatic rings. The normalized spacial score (nSPS) is 10.8. The van der Waals surface area contributed by atoms with E-state index in [1.807, 2.05) is 60.3 Å². The molecule has 2 heterocycles. The zero-order valence-corrected chi connectivity index (χ0v) is 20.0. The Morgan fingerprint density at radius 3 is 2.71 bits per heavy atom. The predicted molar refractivity (Wildman–Crippen MR) is 133 cm³/mol. The number of rotatable bonds is 8. The van der Waals surface area contributed by atoms with Crippen molar-refractivity contribution in [2.24, 2.45) is 4.99 Å². The van der Waals surface area contributed by atoms with Gasteiger partial charge in [-0.05, 0) is 42.7 Å². The molecule has 0 atom stereocenters. The van der Waals surface area contributed by atoms with E-state index >= 15 is 0 Å². The third-order valence-electron chi connectivity index (χ3n) is 4.46. The van der Waals surface area contributed by atoms with Gasteiger partial charge in [0.15, 0.2) is 5.96 Å². The van der Waals surface area contributed by atoms with Crippen LogP contribution in [0, 0.1) is 0 Å². The highest BCUT2D eigenvalue weighted by Crippen LogP contribution is 2.07. The van der Waals surface area contributed by atoms with Gasteiger partial charge in [0.2, 0.25) is 0 Å². The van der Waals surface area contributed by atoms with Gasteiger partial charge in [-0.2, -0.15) is 0 Å². The number of benzene rings is 1. The predicted octanol–water partition coefficient (Wildman–Crippen LogP) is 2.54. The Bertz CT molecular complexity index is 972. The number of nitrogens with zero attached hydrogens (tertiary/aromatic N) is 4. The molecular weight excluding hydrogens is 505 g/mol. The Morgan fingerprint density at radius 1 is 1.16 bits per heavy atom. The van der Waals surface area contributed by atoms with Crippen LogP contribution in [0.5, 0.6) is 0 Å². The van der Waals surface area contributed by atoms with E-state index in [0.717, 1.165) is 35.9 Å². The van der Waals surface area contributed by atoms with Crippen molar-refractivity contribution in [1.82, 2.24) is 30.5 Å². The number of nitrogens with one attached hydrogen (secondary N) is 3. The van der Waals surface area contributed by atoms with E-state index in [-0.39, 0.29) is 29.9 Å². The zero-order valence-electron chi connectivity index (χ0n) is 17.7. The summed E-state index contributed by atoms with van der Waals surface area (Å²) in [5.74, 6) is 1.50. The SMILES string of the molecule is CCNC(=NCc1ccc(-n2ccnc2)nc1)NCCc1cccc(C(=O)NC)c1.I. The summed E-state index contributed by atoms with van der Waals surface area (Å²) in [5.41, 5.74) is 2.79. The molecule has 0 fully saturated rings. The van der Waals surface area contributed by atoms with Crippen LogP contribution in [0.3, 0.4) is 0 Å². The fourth-order valence-electron chi connectivity index (χ4n) is 2.91. The second kappa shape index (κ2) is 12.7. The van der Waals surface area contributed by atoms with Gasteiger partial charge in [0.05, 0.1) is 6.54 Å². The second-order valence-corrected chi connectivity index (χ2v) is 6.65. The molecule has 0 aliphatic rings. The summed E-state index contributed by atoms with van der Waals surface area (Å²) < 4.78 is 1.86. The quantitative estimate of drug-likeness (QED) is 0.235. The maximum atomic E-state index is 11.8. The number of amides is 1. The van der Waals surface area contributed by atoms with Crippen molar-refractivity contribution >= 4 is 35.8 Å². The van der Waals surface area contributed by atoms with Gasteiger partial charge in [-0.15, -0.1) is 24.0 Å². The standard InChI is InChI=1S/C22H27N7O.HI/c1-3-25-22(26-10-9-17-5-4-6-19(13-17)21(30)23-2)28-15-18-7-8-20(27-14-18)29-12-11-24-16-29;/h4-8,11-14,16H,3,9-10,15H2,1-2H3,(H,23,30)(H2,25,26,28);1H. The molecule has 2 aromatic heterocycles. The fraction of sp³-hybridized carbons (Fsp3) is 0.273. The Kier molecular flexibility index (Phi) is 9.95. The molecule has 3 rings (SSSR count). The van der Waals surface area contributed by atoms with Crippen LogP contribution in [0.25, 0.3) is 5.82 Å². The van der Waals surface area contributed by atoms with Gasteiger partial charge in [0.25, 0.3) is 5.91 Å². The summed E-state index contributed by atoms with van der Waals surface area (Å²) in [4.78, 5) is 24.9. The summed E-state index contributed by atoms with van der Waals surface area (Å²) >= 11 is 0. The summed E-state index contributed by atoms with van der Waals surface area (Å²) in [6.45, 7) is 4.04. The number of aliphatic imine (C=N–C) groups is 1. The lowest BCUT2D eigenvalue weighted by Gasteiger charge is -2.12. The molecule has 8 nitrogen and oxygen atoms in total. The first-order chi connectivity index (χ1) is 14.7. The van der Waals surface area contributed by atoms with Gasteiger partial charge in [0, 0.05) is 44.3 Å². The Hall–Kier alpha value is -2.95. The van der Waals surface area contributed by atoms with E-state index in [9.17, 15) is 4.79 Å². The van der Waals surface area contributed by atoms with Crippen molar-refractivity contribution in [3.05, 3.63) is 78.0 Å². The van der Waals surface area contributed by atoms with Crippen LogP contribution in [0.15, 0.2) is 66.3 Å². The Labute approximate surface area is 199 Å². The summed E-state index contributed by atoms with van der Waals surface area (Å²) in [6, 6.07) is 11.6. The van der Waals surface area contributed by atoms with Crippen LogP contribution >= 0.6 is 24.0 Å². The van der Waals surface area contributed by atoms with Crippen molar-refractivity contribution < 1.29 is 4.79 Å². The van der Waals surface area contributed by atoms with Crippen LogP contribution in [-0.2, 0) is 13.0 Å². The number of guanidine groups is 1. The van der Waals surface area contributed by atoms with Gasteiger partial charge in [-0.1, -0.05) is 18.2 Å². The van der Waals surface area contributed by atoms with E-state index < -0.39 is 0 Å². The van der Waals surface area contributed by atoms with Crippen LogP contribution < -0.4 is 16.0 Å². The number of carbonyl (C=O) groups is 1. The third kappa shape index (κ3) is 7.35. The summed E-state index contributed by atoms with van der Waals surface area (Å²) in [6.07, 6.45) is 7.92. The average Bonchev–Trinajstić information content (AvgIpc) is 3.32. The molecule has 3 N–H and O–H groups in total. The number of hydrogen-bond acceptors (Lipinski definition) is 4. The molecule has 1 amide bonds. The number of aromatic nitrogens is 3. The third-order valence-corrected chi connectivity index (χ3v) is 4.46. The monoisotopic (exact) mass is 533 g/mol. The highest BCUT2D eigenvalue weighted by molar-refractivity contribution is 14.0. The number of hydrogen-bond donors (Lipinski definition) is 3. The molecule has 0 saturated heterocycles. The topological polar surface area (TPSA) is 96.2 Å². The van der Waals surface area contributed by atoms with E-state index in [0.29, 0.717) is 18.7 Å². The van der Waals surface area contributed by atoms with Crippen molar-refractivity contribution in [3.8, 4) is 5.82 Å². The minimum atomic E-state index is -0.0765. The molecule has 0 radical (unpaired) electrons. The van der Waals surface area contributed by atoms with Crippen LogP contribution in [0.4, 0.5) is 0 Å². The molecule has 0 spiro atoms. The van der Waals surface area contributed by atoms with Gasteiger partial charge in [0.1, 0.15) is 12.1 Å². The number of carbonyl (C=O) groups excluding carboxylic acids is 1. The Morgan fingerprint density at radius 2 is 2.03 bits per heavy atom. The minimum absolute atomic E-state index is 0. The molecule has 0 bridgehead atoms. The van der Waals surface area contributed by atoms with E-state index in [1.165, 1.54) is 0 Å². The highest BCUT2D eigenvalue weighted by atomic mass is 127. The van der Waals surface area contributed by atoms with Crippen LogP contribution in [0.1, 0.15) is 28.4 Å². The molecule has 31 heavy (non-hydrogen) atoms. The van der Waals surface area contributed by atoms with Crippen molar-refractivity contribution in [1.29, 1.82) is 0 Å². The molecule has 164 valence electrons. The lowest BCUT2D eigenvalue weighted by molar-refractivity contribution is 0.0963. The molecular formula is C22H28IN7O. The number of imidazole rings is 1. The number of pyridine rings is 1. The molecule has 0 aliphatic heterocycles. The number of halogens is 1. The first-order valence-corrected chi connectivity index (χ1v) is 9.96. The van der Waals surface area contributed by atoms with Gasteiger partial charge < -0.3 is 16.0 Å². The van der Waals surface area contributed by atoms with Crippen molar-refractivity contribution in [2.75, 3.05) is 20.1 Å². The maximum Gasteiger partial charge on any atom is 0.251 e. The smallest absolute Gasteiger partial charge is 0.251 e. The van der Waals surface area contributed by atoms with Gasteiger partial charge >= 0.3 is 0 Å². The van der Waals surface area contributed by atoms with E-state index in [2.05, 4.69) is 30.9 Å². The largest absolute Gasteiger partial charge is 0.357 e. The lowest BCUT2D eigenvalue weighted by atomic mass is 10.1. The second-order valence-electron chi connectivity index (χ2n) is 6.65. The van der Waals surface area contributed by atoms with Crippen molar-refractivity contribution in [2.45, 2.75) is 19.9 Å². The van der Waals surface area contributed by atoms with E-state index in [1.54, 1.807) is 19.6 Å². The summed E-state index contributed by atoms with van der Waals surface area (Å²) in [5, 5.41) is 9.24. The maximum absolute atomic E-state index is 11.8. The first-order valence-electron chi connectivity index (χ1n) is 9.96. The van der Waals surface area contributed by atoms with Gasteiger partial charge in [-0.3, -0.25) is 9.36 Å². The first kappa shape index (κ1) is 24.3. The molecule has 0 aliphatic carbocycles. The van der Waals surface area contributed by atoms with Gasteiger partial charge in [-0.25, -0.2) is 15.0 Å². The van der Waals surface area contributed by atoms with Crippen LogP contribution in [-0.4, -0.2) is 46.5 Å². The molecule has 9 heteroatoms. The fourth-order valence-corrected chi connectivity index (χ4v) is 2.91. The minimum Gasteiger partial charge on any atom is -0.357 e.